The molecule has 2 N–H and O–H groups in total. The van der Waals surface area contributed by atoms with Crippen molar-refractivity contribution in [3.63, 3.8) is 0 Å². The maximum absolute atomic E-state index is 12.6. The van der Waals surface area contributed by atoms with E-state index >= 15 is 0 Å². The van der Waals surface area contributed by atoms with Gasteiger partial charge in [-0.15, -0.1) is 11.3 Å². The SMILES string of the molecule is Cc1cc(S(=O)(=O)N(C)CC2CCOCC2)sc1CN. The van der Waals surface area contributed by atoms with Crippen molar-refractivity contribution in [1.82, 2.24) is 4.31 Å². The molecule has 1 aromatic heterocycles. The molecule has 0 amide bonds. The third-order valence-corrected chi connectivity index (χ3v) is 7.24. The van der Waals surface area contributed by atoms with Gasteiger partial charge in [-0.05, 0) is 37.3 Å². The number of hydrogen-bond acceptors (Lipinski definition) is 5. The van der Waals surface area contributed by atoms with Gasteiger partial charge in [-0.1, -0.05) is 0 Å². The van der Waals surface area contributed by atoms with E-state index < -0.39 is 10.0 Å². The van der Waals surface area contributed by atoms with Crippen molar-refractivity contribution in [2.24, 2.45) is 11.7 Å². The van der Waals surface area contributed by atoms with Crippen molar-refractivity contribution in [1.29, 1.82) is 0 Å². The molecule has 5 nitrogen and oxygen atoms in total. The first-order valence-electron chi connectivity index (χ1n) is 6.78. The van der Waals surface area contributed by atoms with Gasteiger partial charge in [-0.2, -0.15) is 4.31 Å². The van der Waals surface area contributed by atoms with Gasteiger partial charge < -0.3 is 10.5 Å². The topological polar surface area (TPSA) is 72.6 Å². The van der Waals surface area contributed by atoms with Crippen LogP contribution in [0.4, 0.5) is 0 Å². The first-order valence-corrected chi connectivity index (χ1v) is 9.04. The molecule has 0 unspecified atom stereocenters. The lowest BCUT2D eigenvalue weighted by molar-refractivity contribution is 0.0620. The van der Waals surface area contributed by atoms with E-state index in [-0.39, 0.29) is 0 Å². The highest BCUT2D eigenvalue weighted by molar-refractivity contribution is 7.91. The van der Waals surface area contributed by atoms with E-state index in [4.69, 9.17) is 10.5 Å². The molecule has 0 spiro atoms. The van der Waals surface area contributed by atoms with Crippen LogP contribution in [0.3, 0.4) is 0 Å². The summed E-state index contributed by atoms with van der Waals surface area (Å²) in [6.07, 6.45) is 1.86. The van der Waals surface area contributed by atoms with E-state index in [1.807, 2.05) is 6.92 Å². The van der Waals surface area contributed by atoms with Crippen molar-refractivity contribution >= 4 is 21.4 Å². The quantitative estimate of drug-likeness (QED) is 0.894. The maximum Gasteiger partial charge on any atom is 0.252 e. The summed E-state index contributed by atoms with van der Waals surface area (Å²) in [5.74, 6) is 0.388. The van der Waals surface area contributed by atoms with E-state index in [1.165, 1.54) is 15.6 Å². The third-order valence-electron chi connectivity index (χ3n) is 3.70. The van der Waals surface area contributed by atoms with Crippen LogP contribution in [0.25, 0.3) is 0 Å². The van der Waals surface area contributed by atoms with Crippen LogP contribution in [0, 0.1) is 12.8 Å². The summed E-state index contributed by atoms with van der Waals surface area (Å²) in [7, 11) is -1.74. The normalized spacial score (nSPS) is 17.8. The van der Waals surface area contributed by atoms with Crippen molar-refractivity contribution in [3.8, 4) is 0 Å². The molecule has 1 saturated heterocycles. The second-order valence-corrected chi connectivity index (χ2v) is 8.63. The lowest BCUT2D eigenvalue weighted by Crippen LogP contribution is -2.33. The van der Waals surface area contributed by atoms with Crippen LogP contribution < -0.4 is 5.73 Å². The molecule has 1 fully saturated rings. The van der Waals surface area contributed by atoms with Gasteiger partial charge in [0.05, 0.1) is 0 Å². The zero-order valence-corrected chi connectivity index (χ0v) is 13.6. The van der Waals surface area contributed by atoms with E-state index in [0.717, 1.165) is 36.5 Å². The molecule has 0 atom stereocenters. The van der Waals surface area contributed by atoms with Crippen molar-refractivity contribution < 1.29 is 13.2 Å². The Morgan fingerprint density at radius 1 is 1.45 bits per heavy atom. The average molecular weight is 318 g/mol. The molecule has 0 bridgehead atoms. The summed E-state index contributed by atoms with van der Waals surface area (Å²) in [6.45, 7) is 4.30. The highest BCUT2D eigenvalue weighted by Crippen LogP contribution is 2.28. The van der Waals surface area contributed by atoms with Crippen molar-refractivity contribution in [3.05, 3.63) is 16.5 Å². The van der Waals surface area contributed by atoms with Gasteiger partial charge in [-0.25, -0.2) is 8.42 Å². The molecule has 20 heavy (non-hydrogen) atoms. The summed E-state index contributed by atoms with van der Waals surface area (Å²) in [4.78, 5) is 0.933. The largest absolute Gasteiger partial charge is 0.381 e. The van der Waals surface area contributed by atoms with Crippen LogP contribution in [-0.4, -0.2) is 39.5 Å². The Morgan fingerprint density at radius 3 is 2.65 bits per heavy atom. The van der Waals surface area contributed by atoms with Gasteiger partial charge in [0, 0.05) is 38.2 Å². The van der Waals surface area contributed by atoms with E-state index in [0.29, 0.717) is 23.2 Å². The number of sulfonamides is 1. The highest BCUT2D eigenvalue weighted by Gasteiger charge is 2.27. The first kappa shape index (κ1) is 15.9. The first-order chi connectivity index (χ1) is 9.45. The molecule has 1 aliphatic rings. The lowest BCUT2D eigenvalue weighted by Gasteiger charge is -2.26. The van der Waals surface area contributed by atoms with Crippen LogP contribution in [-0.2, 0) is 21.3 Å². The summed E-state index contributed by atoms with van der Waals surface area (Å²) in [5, 5.41) is 0. The second kappa shape index (κ2) is 6.53. The monoisotopic (exact) mass is 318 g/mol. The predicted molar refractivity (Wildman–Crippen MR) is 80.3 cm³/mol. The fourth-order valence-electron chi connectivity index (χ4n) is 2.36. The van der Waals surface area contributed by atoms with Crippen LogP contribution in [0.15, 0.2) is 10.3 Å². The fourth-order valence-corrected chi connectivity index (χ4v) is 5.29. The Bertz CT molecular complexity index is 548. The molecule has 2 heterocycles. The van der Waals surface area contributed by atoms with Crippen LogP contribution >= 0.6 is 11.3 Å². The molecule has 7 heteroatoms. The molecule has 0 aliphatic carbocycles. The maximum atomic E-state index is 12.6. The minimum atomic E-state index is -3.39. The molecule has 0 aromatic carbocycles. The summed E-state index contributed by atoms with van der Waals surface area (Å²) in [5.41, 5.74) is 6.58. The number of nitrogens with two attached hydrogens (primary N) is 1. The number of hydrogen-bond donors (Lipinski definition) is 1. The number of aryl methyl sites for hydroxylation is 1. The Kier molecular flexibility index (Phi) is 5.19. The van der Waals surface area contributed by atoms with Gasteiger partial charge in [0.2, 0.25) is 0 Å². The number of thiophene rings is 1. The Hall–Kier alpha value is -0.470. The lowest BCUT2D eigenvalue weighted by atomic mass is 10.0. The minimum absolute atomic E-state index is 0.385. The molecular weight excluding hydrogens is 296 g/mol. The molecule has 1 aliphatic heterocycles. The number of ether oxygens (including phenoxy) is 1. The van der Waals surface area contributed by atoms with Gasteiger partial charge in [0.15, 0.2) is 0 Å². The summed E-state index contributed by atoms with van der Waals surface area (Å²) in [6, 6.07) is 1.72. The standard InChI is InChI=1S/C13H22N2O3S2/c1-10-7-13(19-12(10)8-14)20(16,17)15(2)9-11-3-5-18-6-4-11/h7,11H,3-6,8-9,14H2,1-2H3. The zero-order valence-electron chi connectivity index (χ0n) is 12.0. The van der Waals surface area contributed by atoms with Gasteiger partial charge in [0.1, 0.15) is 4.21 Å². The van der Waals surface area contributed by atoms with Crippen molar-refractivity contribution in [2.75, 3.05) is 26.8 Å². The molecule has 1 aromatic rings. The third kappa shape index (κ3) is 3.40. The Labute approximate surface area is 124 Å². The van der Waals surface area contributed by atoms with Crippen molar-refractivity contribution in [2.45, 2.75) is 30.5 Å². The Balaban J connectivity index is 2.11. The zero-order chi connectivity index (χ0) is 14.8. The number of rotatable bonds is 5. The predicted octanol–water partition coefficient (Wildman–Crippen LogP) is 1.56. The van der Waals surface area contributed by atoms with E-state index in [2.05, 4.69) is 0 Å². The van der Waals surface area contributed by atoms with Crippen LogP contribution in [0.5, 0.6) is 0 Å². The minimum Gasteiger partial charge on any atom is -0.381 e. The molecule has 114 valence electrons. The van der Waals surface area contributed by atoms with Gasteiger partial charge in [0.25, 0.3) is 10.0 Å². The van der Waals surface area contributed by atoms with E-state index in [1.54, 1.807) is 13.1 Å². The van der Waals surface area contributed by atoms with Crippen LogP contribution in [0.1, 0.15) is 23.3 Å². The number of nitrogens with zero attached hydrogens (tertiary/aromatic N) is 1. The highest BCUT2D eigenvalue weighted by atomic mass is 32.2. The summed E-state index contributed by atoms with van der Waals surface area (Å²) >= 11 is 1.28. The fraction of sp³-hybridized carbons (Fsp3) is 0.692. The molecule has 0 saturated carbocycles. The Morgan fingerprint density at radius 2 is 2.10 bits per heavy atom. The molecule has 0 radical (unpaired) electrons. The smallest absolute Gasteiger partial charge is 0.252 e. The second-order valence-electron chi connectivity index (χ2n) is 5.22. The molecule has 2 rings (SSSR count). The van der Waals surface area contributed by atoms with E-state index in [9.17, 15) is 8.42 Å². The summed E-state index contributed by atoms with van der Waals surface area (Å²) < 4.78 is 32.3. The van der Waals surface area contributed by atoms with Gasteiger partial charge >= 0.3 is 0 Å². The molecular formula is C13H22N2O3S2. The van der Waals surface area contributed by atoms with Gasteiger partial charge in [-0.3, -0.25) is 0 Å². The average Bonchev–Trinajstić information content (AvgIpc) is 2.81. The van der Waals surface area contributed by atoms with Crippen LogP contribution in [0.2, 0.25) is 0 Å².